The number of ether oxygens (including phenoxy) is 4. The summed E-state index contributed by atoms with van der Waals surface area (Å²) in [5.74, 6) is -3.33. The molecule has 0 radical (unpaired) electrons. The first-order valence-electron chi connectivity index (χ1n) is 12.2. The smallest absolute Gasteiger partial charge is 0.333 e. The van der Waals surface area contributed by atoms with E-state index in [1.54, 1.807) is 18.2 Å². The number of ketones is 1. The highest BCUT2D eigenvalue weighted by Gasteiger charge is 2.25. The van der Waals surface area contributed by atoms with E-state index in [-0.39, 0.29) is 64.7 Å². The molecule has 224 valence electrons. The number of methoxy groups -OCH3 is 2. The maximum Gasteiger partial charge on any atom is 0.333 e. The molecule has 0 unspecified atom stereocenters. The molecule has 0 saturated heterocycles. The quantitative estimate of drug-likeness (QED) is 0.0836. The average Bonchev–Trinajstić information content (AvgIpc) is 3.54. The van der Waals surface area contributed by atoms with Crippen molar-refractivity contribution in [1.29, 1.82) is 0 Å². The molecule has 0 aliphatic carbocycles. The number of carbonyl (C=O) groups is 2. The number of rotatable bonds is 14. The molecule has 0 amide bonds. The molecule has 0 atom stereocenters. The van der Waals surface area contributed by atoms with Crippen molar-refractivity contribution in [3.63, 3.8) is 0 Å². The summed E-state index contributed by atoms with van der Waals surface area (Å²) in [5, 5.41) is 9.11. The van der Waals surface area contributed by atoms with Crippen LogP contribution in [0.25, 0.3) is 26.2 Å². The highest BCUT2D eigenvalue weighted by atomic mass is 32.1. The average molecular weight is 643 g/mol. The Labute approximate surface area is 245 Å². The van der Waals surface area contributed by atoms with Crippen LogP contribution < -0.4 is 18.9 Å². The van der Waals surface area contributed by atoms with Gasteiger partial charge in [0.05, 0.1) is 38.7 Å². The maximum atomic E-state index is 15.3. The molecule has 0 saturated carbocycles. The molecule has 0 spiro atoms. The van der Waals surface area contributed by atoms with Gasteiger partial charge in [-0.25, -0.2) is 8.78 Å². The summed E-state index contributed by atoms with van der Waals surface area (Å²) in [6.45, 7) is -0.0595. The van der Waals surface area contributed by atoms with Crippen LogP contribution in [0.4, 0.5) is 8.78 Å². The molecule has 15 heteroatoms. The molecule has 0 fully saturated rings. The van der Waals surface area contributed by atoms with E-state index in [0.29, 0.717) is 14.3 Å². The van der Waals surface area contributed by atoms with Crippen LogP contribution in [0.2, 0.25) is 0 Å². The van der Waals surface area contributed by atoms with E-state index in [9.17, 15) is 14.2 Å². The number of carboxylic acids is 1. The molecule has 2 heterocycles. The summed E-state index contributed by atoms with van der Waals surface area (Å²) in [6, 6.07) is 5.89. The van der Waals surface area contributed by atoms with Crippen molar-refractivity contribution in [3.05, 3.63) is 51.7 Å². The van der Waals surface area contributed by atoms with E-state index < -0.39 is 37.1 Å². The number of hydrogen-bond acceptors (Lipinski definition) is 9. The Morgan fingerprint density at radius 1 is 0.905 bits per heavy atom. The van der Waals surface area contributed by atoms with Gasteiger partial charge in [0.1, 0.15) is 6.16 Å². The van der Waals surface area contributed by atoms with Gasteiger partial charge in [0.15, 0.2) is 40.4 Å². The van der Waals surface area contributed by atoms with Crippen LogP contribution in [0, 0.1) is 11.6 Å². The number of fused-ring (bicyclic) bond motifs is 2. The highest BCUT2D eigenvalue weighted by Crippen LogP contribution is 2.43. The SMILES string of the molecule is COc1cc2sc(/C=C/CC(=O)O)cc2c(F)c1OCCCOc1c(OC)cc2sc(C(=O)CP(=O)(O)O)cc2c1F. The van der Waals surface area contributed by atoms with Crippen LogP contribution >= 0.6 is 30.3 Å². The van der Waals surface area contributed by atoms with Crippen molar-refractivity contribution >= 4 is 68.3 Å². The summed E-state index contributed by atoms with van der Waals surface area (Å²) in [7, 11) is -1.90. The summed E-state index contributed by atoms with van der Waals surface area (Å²) < 4.78 is 64.6. The molecule has 10 nitrogen and oxygen atoms in total. The third-order valence-corrected chi connectivity index (χ3v) is 8.67. The van der Waals surface area contributed by atoms with Crippen molar-refractivity contribution in [3.8, 4) is 23.0 Å². The van der Waals surface area contributed by atoms with E-state index in [4.69, 9.17) is 33.8 Å². The molecule has 2 aromatic heterocycles. The van der Waals surface area contributed by atoms with Gasteiger partial charge in [0.2, 0.25) is 0 Å². The zero-order chi connectivity index (χ0) is 30.6. The molecule has 0 aliphatic heterocycles. The van der Waals surface area contributed by atoms with Crippen molar-refractivity contribution in [2.24, 2.45) is 0 Å². The molecule has 4 rings (SSSR count). The van der Waals surface area contributed by atoms with Gasteiger partial charge in [-0.05, 0) is 18.2 Å². The normalized spacial score (nSPS) is 11.9. The first-order valence-corrected chi connectivity index (χ1v) is 15.7. The first kappa shape index (κ1) is 31.4. The Kier molecular flexibility index (Phi) is 9.85. The Hall–Kier alpha value is -3.55. The fourth-order valence-corrected chi connectivity index (χ4v) is 6.65. The number of hydrogen-bond donors (Lipinski definition) is 3. The fraction of sp³-hybridized carbons (Fsp3) is 0.259. The number of benzene rings is 2. The lowest BCUT2D eigenvalue weighted by atomic mass is 10.2. The number of thiophene rings is 2. The second-order valence-electron chi connectivity index (χ2n) is 8.82. The lowest BCUT2D eigenvalue weighted by molar-refractivity contribution is -0.136. The number of Topliss-reactive ketones (excluding diaryl/α,β-unsaturated/α-hetero) is 1. The second kappa shape index (κ2) is 13.2. The molecule has 2 aromatic carbocycles. The minimum Gasteiger partial charge on any atom is -0.493 e. The summed E-state index contributed by atoms with van der Waals surface area (Å²) in [5.41, 5.74) is 0. The first-order chi connectivity index (χ1) is 19.9. The largest absolute Gasteiger partial charge is 0.493 e. The van der Waals surface area contributed by atoms with Crippen molar-refractivity contribution in [2.75, 3.05) is 33.6 Å². The van der Waals surface area contributed by atoms with Gasteiger partial charge in [-0.15, -0.1) is 22.7 Å². The van der Waals surface area contributed by atoms with Crippen molar-refractivity contribution in [2.45, 2.75) is 12.8 Å². The Bertz CT molecular complexity index is 1720. The highest BCUT2D eigenvalue weighted by molar-refractivity contribution is 7.53. The van der Waals surface area contributed by atoms with E-state index in [0.717, 1.165) is 11.3 Å². The predicted molar refractivity (Wildman–Crippen MR) is 155 cm³/mol. The molecular formula is C27H25F2O10PS2. The standard InChI is InChI=1S/C27H25F2O10PS2/c1-36-18-11-20-15(9-14(41-20)5-3-6-23(31)32)24(28)26(18)38-7-4-8-39-27-19(37-2)12-21-16(25(27)29)10-22(42-21)17(30)13-40(33,34)35/h3,5,9-12H,4,6-8,13H2,1-2H3,(H,31,32)(H2,33,34,35)/b5-3+. The third kappa shape index (κ3) is 7.26. The topological polar surface area (TPSA) is 149 Å². The van der Waals surface area contributed by atoms with Gasteiger partial charge in [-0.1, -0.05) is 6.08 Å². The fourth-order valence-electron chi connectivity index (χ4n) is 3.96. The van der Waals surface area contributed by atoms with Gasteiger partial charge >= 0.3 is 13.6 Å². The zero-order valence-corrected chi connectivity index (χ0v) is 24.7. The van der Waals surface area contributed by atoms with Crippen molar-refractivity contribution in [1.82, 2.24) is 0 Å². The lowest BCUT2D eigenvalue weighted by Crippen LogP contribution is -2.08. The van der Waals surface area contributed by atoms with Crippen LogP contribution in [0.5, 0.6) is 23.0 Å². The van der Waals surface area contributed by atoms with Gasteiger partial charge < -0.3 is 33.8 Å². The molecule has 0 bridgehead atoms. The Morgan fingerprint density at radius 2 is 1.45 bits per heavy atom. The number of carbonyl (C=O) groups excluding carboxylic acids is 1. The van der Waals surface area contributed by atoms with E-state index >= 15 is 8.78 Å². The van der Waals surface area contributed by atoms with Crippen LogP contribution in [0.15, 0.2) is 30.3 Å². The number of aliphatic carboxylic acids is 1. The second-order valence-corrected chi connectivity index (χ2v) is 12.7. The van der Waals surface area contributed by atoms with Crippen LogP contribution in [0.1, 0.15) is 27.4 Å². The van der Waals surface area contributed by atoms with Gasteiger partial charge in [-0.2, -0.15) is 0 Å². The third-order valence-electron chi connectivity index (χ3n) is 5.80. The zero-order valence-electron chi connectivity index (χ0n) is 22.2. The van der Waals surface area contributed by atoms with Crippen LogP contribution in [-0.4, -0.2) is 60.2 Å². The molecule has 4 aromatic rings. The maximum absolute atomic E-state index is 15.3. The molecule has 0 aliphatic rings. The monoisotopic (exact) mass is 642 g/mol. The van der Waals surface area contributed by atoms with Crippen LogP contribution in [-0.2, 0) is 9.36 Å². The number of carboxylic acid groups (broad SMARTS) is 1. The molecule has 3 N–H and O–H groups in total. The van der Waals surface area contributed by atoms with E-state index in [1.807, 2.05) is 0 Å². The summed E-state index contributed by atoms with van der Waals surface area (Å²) in [6.07, 6.45) is 2.14. The van der Waals surface area contributed by atoms with Gasteiger partial charge in [0, 0.05) is 43.6 Å². The Morgan fingerprint density at radius 3 is 1.98 bits per heavy atom. The van der Waals surface area contributed by atoms with Crippen LogP contribution in [0.3, 0.4) is 0 Å². The minimum absolute atomic E-state index is 0.0122. The predicted octanol–water partition coefficient (Wildman–Crippen LogP) is 6.11. The molecule has 42 heavy (non-hydrogen) atoms. The summed E-state index contributed by atoms with van der Waals surface area (Å²) in [4.78, 5) is 41.7. The molecular weight excluding hydrogens is 617 g/mol. The minimum atomic E-state index is -4.59. The van der Waals surface area contributed by atoms with E-state index in [1.165, 1.54) is 43.8 Å². The summed E-state index contributed by atoms with van der Waals surface area (Å²) >= 11 is 2.14. The Balaban J connectivity index is 1.44. The van der Waals surface area contributed by atoms with Gasteiger partial charge in [-0.3, -0.25) is 14.2 Å². The van der Waals surface area contributed by atoms with E-state index in [2.05, 4.69) is 0 Å². The number of halogens is 2. The lowest BCUT2D eigenvalue weighted by Gasteiger charge is -2.14. The van der Waals surface area contributed by atoms with Crippen molar-refractivity contribution < 1.29 is 56.8 Å². The van der Waals surface area contributed by atoms with Gasteiger partial charge in [0.25, 0.3) is 0 Å².